The number of nitro benzene ring substituents is 1. The Morgan fingerprint density at radius 3 is 2.64 bits per heavy atom. The summed E-state index contributed by atoms with van der Waals surface area (Å²) in [5, 5.41) is 13.9. The first kappa shape index (κ1) is 16.1. The molecule has 0 fully saturated rings. The third kappa shape index (κ3) is 2.41. The van der Waals surface area contributed by atoms with Crippen LogP contribution >= 0.6 is 0 Å². The average molecular weight is 373 g/mol. The molecule has 4 aromatic rings. The first-order valence-corrected chi connectivity index (χ1v) is 8.61. The van der Waals surface area contributed by atoms with Crippen molar-refractivity contribution in [1.29, 1.82) is 0 Å². The average Bonchev–Trinajstić information content (AvgIpc) is 3.32. The van der Waals surface area contributed by atoms with Gasteiger partial charge in [0.2, 0.25) is 5.95 Å². The number of imidazole rings is 1. The van der Waals surface area contributed by atoms with Gasteiger partial charge in [0.05, 0.1) is 21.7 Å². The molecule has 28 heavy (non-hydrogen) atoms. The molecule has 9 heteroatoms. The van der Waals surface area contributed by atoms with Crippen LogP contribution in [0.5, 0.6) is 0 Å². The molecule has 3 N–H and O–H groups in total. The van der Waals surface area contributed by atoms with Crippen molar-refractivity contribution in [3.05, 3.63) is 82.7 Å². The van der Waals surface area contributed by atoms with Gasteiger partial charge in [-0.1, -0.05) is 12.1 Å². The minimum atomic E-state index is -0.422. The predicted molar refractivity (Wildman–Crippen MR) is 106 cm³/mol. The number of guanidine groups is 1. The molecule has 2 aromatic heterocycles. The first-order chi connectivity index (χ1) is 13.6. The van der Waals surface area contributed by atoms with Crippen molar-refractivity contribution in [2.75, 3.05) is 5.32 Å². The number of aromatic nitrogens is 3. The Balaban J connectivity index is 1.66. The van der Waals surface area contributed by atoms with Gasteiger partial charge < -0.3 is 10.3 Å². The SMILES string of the molecule is NC1=NC(c2cccn2-c2ccc([N+](=O)[O-])cc2)n2c(nc3ccccc32)N1. The molecule has 3 heterocycles. The van der Waals surface area contributed by atoms with Crippen LogP contribution in [0.3, 0.4) is 0 Å². The second-order valence-corrected chi connectivity index (χ2v) is 6.38. The van der Waals surface area contributed by atoms with Gasteiger partial charge in [-0.15, -0.1) is 0 Å². The lowest BCUT2D eigenvalue weighted by atomic mass is 10.2. The van der Waals surface area contributed by atoms with Crippen molar-refractivity contribution in [2.45, 2.75) is 6.17 Å². The summed E-state index contributed by atoms with van der Waals surface area (Å²) in [5.74, 6) is 0.902. The number of nitro groups is 1. The van der Waals surface area contributed by atoms with E-state index in [0.29, 0.717) is 5.95 Å². The van der Waals surface area contributed by atoms with Crippen molar-refractivity contribution in [3.8, 4) is 5.69 Å². The highest BCUT2D eigenvalue weighted by Crippen LogP contribution is 2.33. The fourth-order valence-corrected chi connectivity index (χ4v) is 3.49. The van der Waals surface area contributed by atoms with Gasteiger partial charge in [-0.25, -0.2) is 9.98 Å². The molecule has 0 spiro atoms. The molecule has 138 valence electrons. The molecule has 0 saturated heterocycles. The van der Waals surface area contributed by atoms with Crippen LogP contribution in [0.1, 0.15) is 11.9 Å². The van der Waals surface area contributed by atoms with Gasteiger partial charge in [0.25, 0.3) is 5.69 Å². The van der Waals surface area contributed by atoms with Gasteiger partial charge in [0, 0.05) is 24.0 Å². The number of fused-ring (bicyclic) bond motifs is 3. The topological polar surface area (TPSA) is 116 Å². The van der Waals surface area contributed by atoms with E-state index in [1.807, 2.05) is 51.7 Å². The maximum absolute atomic E-state index is 10.9. The number of anilines is 1. The van der Waals surface area contributed by atoms with Crippen LogP contribution in [0.25, 0.3) is 16.7 Å². The molecule has 0 aliphatic carbocycles. The van der Waals surface area contributed by atoms with Crippen LogP contribution in [0.2, 0.25) is 0 Å². The fourth-order valence-electron chi connectivity index (χ4n) is 3.49. The maximum Gasteiger partial charge on any atom is 0.269 e. The van der Waals surface area contributed by atoms with E-state index in [0.717, 1.165) is 22.4 Å². The standard InChI is InChI=1S/C19H15N7O2/c20-18-22-17(25-15-5-2-1-4-14(15)21-19(25)23-18)16-6-3-11-24(16)12-7-9-13(10-8-12)26(27)28/h1-11,17H,(H3,20,21,22,23). The molecule has 1 unspecified atom stereocenters. The minimum Gasteiger partial charge on any atom is -0.370 e. The predicted octanol–water partition coefficient (Wildman–Crippen LogP) is 3.02. The summed E-state index contributed by atoms with van der Waals surface area (Å²) in [7, 11) is 0. The second kappa shape index (κ2) is 5.95. The number of nitrogens with two attached hydrogens (primary N) is 1. The normalized spacial score (nSPS) is 15.7. The molecule has 0 amide bonds. The van der Waals surface area contributed by atoms with E-state index in [-0.39, 0.29) is 11.6 Å². The zero-order valence-corrected chi connectivity index (χ0v) is 14.6. The molecule has 0 radical (unpaired) electrons. The van der Waals surface area contributed by atoms with Crippen LogP contribution < -0.4 is 11.1 Å². The largest absolute Gasteiger partial charge is 0.370 e. The Kier molecular flexibility index (Phi) is 3.41. The van der Waals surface area contributed by atoms with Gasteiger partial charge in [-0.05, 0) is 36.4 Å². The molecule has 2 aromatic carbocycles. The minimum absolute atomic E-state index is 0.0458. The molecule has 1 atom stereocenters. The number of benzene rings is 2. The van der Waals surface area contributed by atoms with Crippen molar-refractivity contribution < 1.29 is 4.92 Å². The third-order valence-corrected chi connectivity index (χ3v) is 4.73. The summed E-state index contributed by atoms with van der Waals surface area (Å²) in [5.41, 5.74) is 9.49. The Bertz CT molecular complexity index is 1240. The summed E-state index contributed by atoms with van der Waals surface area (Å²) in [4.78, 5) is 19.7. The fraction of sp³-hybridized carbons (Fsp3) is 0.0526. The Morgan fingerprint density at radius 1 is 1.07 bits per heavy atom. The van der Waals surface area contributed by atoms with E-state index in [9.17, 15) is 10.1 Å². The highest BCUT2D eigenvalue weighted by molar-refractivity contribution is 5.94. The highest BCUT2D eigenvalue weighted by Gasteiger charge is 2.27. The molecule has 1 aliphatic heterocycles. The molecular weight excluding hydrogens is 358 g/mol. The number of para-hydroxylation sites is 2. The number of aliphatic imine (C=N–C) groups is 1. The summed E-state index contributed by atoms with van der Waals surface area (Å²) in [6.45, 7) is 0. The molecule has 1 aliphatic rings. The third-order valence-electron chi connectivity index (χ3n) is 4.73. The molecule has 9 nitrogen and oxygen atoms in total. The van der Waals surface area contributed by atoms with Gasteiger partial charge >= 0.3 is 0 Å². The van der Waals surface area contributed by atoms with Gasteiger partial charge in [-0.2, -0.15) is 0 Å². The molecule has 5 rings (SSSR count). The first-order valence-electron chi connectivity index (χ1n) is 8.61. The van der Waals surface area contributed by atoms with E-state index >= 15 is 0 Å². The van der Waals surface area contributed by atoms with Crippen molar-refractivity contribution >= 4 is 28.6 Å². The van der Waals surface area contributed by atoms with Gasteiger partial charge in [0.1, 0.15) is 0 Å². The Morgan fingerprint density at radius 2 is 1.86 bits per heavy atom. The highest BCUT2D eigenvalue weighted by atomic mass is 16.6. The van der Waals surface area contributed by atoms with Crippen LogP contribution in [-0.4, -0.2) is 25.0 Å². The van der Waals surface area contributed by atoms with Crippen molar-refractivity contribution in [1.82, 2.24) is 14.1 Å². The van der Waals surface area contributed by atoms with Crippen LogP contribution in [-0.2, 0) is 0 Å². The van der Waals surface area contributed by atoms with E-state index < -0.39 is 11.1 Å². The summed E-state index contributed by atoms with van der Waals surface area (Å²) >= 11 is 0. The quantitative estimate of drug-likeness (QED) is 0.423. The zero-order valence-electron chi connectivity index (χ0n) is 14.6. The van der Waals surface area contributed by atoms with Crippen molar-refractivity contribution in [2.24, 2.45) is 10.7 Å². The van der Waals surface area contributed by atoms with E-state index in [1.165, 1.54) is 12.1 Å². The van der Waals surface area contributed by atoms with E-state index in [4.69, 9.17) is 5.73 Å². The maximum atomic E-state index is 10.9. The smallest absolute Gasteiger partial charge is 0.269 e. The van der Waals surface area contributed by atoms with Crippen LogP contribution in [0, 0.1) is 10.1 Å². The summed E-state index contributed by atoms with van der Waals surface area (Å²) in [6.07, 6.45) is 1.47. The van der Waals surface area contributed by atoms with Gasteiger partial charge in [0.15, 0.2) is 12.1 Å². The lowest BCUT2D eigenvalue weighted by Gasteiger charge is -2.24. The number of hydrogen-bond acceptors (Lipinski definition) is 6. The Labute approximate surface area is 158 Å². The number of nitrogens with zero attached hydrogens (tertiary/aromatic N) is 5. The number of hydrogen-bond donors (Lipinski definition) is 2. The molecular formula is C19H15N7O2. The summed E-state index contributed by atoms with van der Waals surface area (Å²) in [6, 6.07) is 18.0. The van der Waals surface area contributed by atoms with Crippen molar-refractivity contribution in [3.63, 3.8) is 0 Å². The van der Waals surface area contributed by atoms with Gasteiger partial charge in [-0.3, -0.25) is 20.0 Å². The Hall–Kier alpha value is -4.14. The second-order valence-electron chi connectivity index (χ2n) is 6.38. The number of non-ortho nitro benzene ring substituents is 1. The van der Waals surface area contributed by atoms with E-state index in [1.54, 1.807) is 12.1 Å². The molecule has 0 saturated carbocycles. The monoisotopic (exact) mass is 373 g/mol. The number of nitrogens with one attached hydrogen (secondary N) is 1. The van der Waals surface area contributed by atoms with E-state index in [2.05, 4.69) is 15.3 Å². The van der Waals surface area contributed by atoms with Crippen LogP contribution in [0.15, 0.2) is 71.9 Å². The lowest BCUT2D eigenvalue weighted by Crippen LogP contribution is -2.32. The lowest BCUT2D eigenvalue weighted by molar-refractivity contribution is -0.384. The molecule has 0 bridgehead atoms. The zero-order chi connectivity index (χ0) is 19.3. The van der Waals surface area contributed by atoms with Crippen LogP contribution in [0.4, 0.5) is 11.6 Å². The number of rotatable bonds is 3. The summed E-state index contributed by atoms with van der Waals surface area (Å²) < 4.78 is 3.93.